The number of nitrogens with zero attached hydrogens (tertiary/aromatic N) is 3. The fourth-order valence-electron chi connectivity index (χ4n) is 3.33. The molecule has 8 heteroatoms. The topological polar surface area (TPSA) is 93.9 Å². The maximum Gasteiger partial charge on any atom is 0.305 e. The van der Waals surface area contributed by atoms with E-state index < -0.39 is 12.0 Å². The van der Waals surface area contributed by atoms with Gasteiger partial charge in [-0.1, -0.05) is 0 Å². The van der Waals surface area contributed by atoms with E-state index in [4.69, 9.17) is 9.47 Å². The van der Waals surface area contributed by atoms with Crippen molar-refractivity contribution in [2.24, 2.45) is 7.05 Å². The molecular formula is C18H21N3O5. The van der Waals surface area contributed by atoms with Crippen LogP contribution in [0.4, 0.5) is 0 Å². The number of carboxylic acids is 1. The number of carbonyl (C=O) groups is 2. The van der Waals surface area contributed by atoms with Gasteiger partial charge in [-0.3, -0.25) is 9.59 Å². The van der Waals surface area contributed by atoms with Crippen LogP contribution < -0.4 is 9.47 Å². The first-order valence-corrected chi connectivity index (χ1v) is 8.20. The quantitative estimate of drug-likeness (QED) is 0.872. The normalized spacial score (nSPS) is 16.1. The van der Waals surface area contributed by atoms with Gasteiger partial charge in [-0.2, -0.15) is 0 Å². The van der Waals surface area contributed by atoms with Gasteiger partial charge < -0.3 is 24.0 Å². The molecule has 1 atom stereocenters. The molecule has 0 aliphatic carbocycles. The highest BCUT2D eigenvalue weighted by Gasteiger charge is 2.34. The molecule has 1 aromatic heterocycles. The molecule has 3 rings (SSSR count). The van der Waals surface area contributed by atoms with Crippen LogP contribution in [0.1, 0.15) is 34.1 Å². The van der Waals surface area contributed by atoms with Gasteiger partial charge >= 0.3 is 5.97 Å². The zero-order chi connectivity index (χ0) is 18.8. The molecule has 0 bridgehead atoms. The van der Waals surface area contributed by atoms with E-state index >= 15 is 0 Å². The van der Waals surface area contributed by atoms with E-state index in [-0.39, 0.29) is 12.3 Å². The van der Waals surface area contributed by atoms with Crippen molar-refractivity contribution in [1.29, 1.82) is 0 Å². The Balaban J connectivity index is 2.03. The standard InChI is InChI=1S/C18H21N3O5/c1-20-9-13(19-10-20)18(24)21-5-4-11-6-15(25-2)16(26-3)7-12(11)14(21)8-17(22)23/h6-7,9-10,14H,4-5,8H2,1-3H3,(H,22,23). The molecule has 0 spiro atoms. The van der Waals surface area contributed by atoms with Crippen LogP contribution in [0.3, 0.4) is 0 Å². The number of carboxylic acid groups (broad SMARTS) is 1. The van der Waals surface area contributed by atoms with E-state index in [0.717, 1.165) is 11.1 Å². The second kappa shape index (κ2) is 7.07. The highest BCUT2D eigenvalue weighted by Crippen LogP contribution is 2.39. The number of hydrogen-bond donors (Lipinski definition) is 1. The molecule has 1 unspecified atom stereocenters. The molecule has 0 saturated carbocycles. The number of fused-ring (bicyclic) bond motifs is 1. The summed E-state index contributed by atoms with van der Waals surface area (Å²) in [7, 11) is 4.86. The Morgan fingerprint density at radius 2 is 1.96 bits per heavy atom. The molecule has 2 aromatic rings. The van der Waals surface area contributed by atoms with Crippen LogP contribution >= 0.6 is 0 Å². The number of benzene rings is 1. The van der Waals surface area contributed by atoms with E-state index in [2.05, 4.69) is 4.98 Å². The number of carbonyl (C=O) groups excluding carboxylic acids is 1. The lowest BCUT2D eigenvalue weighted by molar-refractivity contribution is -0.138. The van der Waals surface area contributed by atoms with Gasteiger partial charge in [0.1, 0.15) is 5.69 Å². The number of aromatic nitrogens is 2. The van der Waals surface area contributed by atoms with Gasteiger partial charge in [-0.15, -0.1) is 0 Å². The van der Waals surface area contributed by atoms with E-state index in [1.807, 2.05) is 6.07 Å². The molecule has 8 nitrogen and oxygen atoms in total. The summed E-state index contributed by atoms with van der Waals surface area (Å²) in [6, 6.07) is 3.02. The summed E-state index contributed by atoms with van der Waals surface area (Å²) < 4.78 is 12.4. The summed E-state index contributed by atoms with van der Waals surface area (Å²) in [4.78, 5) is 30.0. The van der Waals surface area contributed by atoms with Crippen molar-refractivity contribution in [3.8, 4) is 11.5 Å². The highest BCUT2D eigenvalue weighted by atomic mass is 16.5. The van der Waals surface area contributed by atoms with Crippen molar-refractivity contribution in [2.75, 3.05) is 20.8 Å². The fourth-order valence-corrected chi connectivity index (χ4v) is 3.33. The Hall–Kier alpha value is -3.03. The summed E-state index contributed by atoms with van der Waals surface area (Å²) >= 11 is 0. The van der Waals surface area contributed by atoms with Gasteiger partial charge in [0.2, 0.25) is 0 Å². The number of aliphatic carboxylic acids is 1. The molecule has 1 N–H and O–H groups in total. The van der Waals surface area contributed by atoms with Gasteiger partial charge in [0.25, 0.3) is 5.91 Å². The highest BCUT2D eigenvalue weighted by molar-refractivity contribution is 5.93. The van der Waals surface area contributed by atoms with Crippen molar-refractivity contribution >= 4 is 11.9 Å². The summed E-state index contributed by atoms with van der Waals surface area (Å²) in [6.07, 6.45) is 3.58. The number of hydrogen-bond acceptors (Lipinski definition) is 5. The van der Waals surface area contributed by atoms with Crippen molar-refractivity contribution in [2.45, 2.75) is 18.9 Å². The molecule has 1 amide bonds. The minimum atomic E-state index is -0.976. The lowest BCUT2D eigenvalue weighted by Gasteiger charge is -2.36. The molecular weight excluding hydrogens is 338 g/mol. The van der Waals surface area contributed by atoms with Gasteiger partial charge in [0.05, 0.1) is 33.0 Å². The fraction of sp³-hybridized carbons (Fsp3) is 0.389. The molecule has 1 aliphatic heterocycles. The maximum atomic E-state index is 12.9. The van der Waals surface area contributed by atoms with Crippen LogP contribution in [0.5, 0.6) is 11.5 Å². The minimum absolute atomic E-state index is 0.193. The third-order valence-corrected chi connectivity index (χ3v) is 4.56. The third kappa shape index (κ3) is 3.22. The lowest BCUT2D eigenvalue weighted by Crippen LogP contribution is -2.41. The molecule has 138 valence electrons. The Kier molecular flexibility index (Phi) is 4.83. The summed E-state index contributed by atoms with van der Waals surface area (Å²) in [5.74, 6) is -0.160. The van der Waals surface area contributed by atoms with E-state index in [0.29, 0.717) is 30.2 Å². The number of amides is 1. The van der Waals surface area contributed by atoms with Crippen LogP contribution in [0.25, 0.3) is 0 Å². The Morgan fingerprint density at radius 3 is 2.54 bits per heavy atom. The minimum Gasteiger partial charge on any atom is -0.493 e. The Morgan fingerprint density at radius 1 is 1.27 bits per heavy atom. The maximum absolute atomic E-state index is 12.9. The molecule has 2 heterocycles. The van der Waals surface area contributed by atoms with E-state index in [9.17, 15) is 14.7 Å². The summed E-state index contributed by atoms with van der Waals surface area (Å²) in [5.41, 5.74) is 2.02. The average molecular weight is 359 g/mol. The van der Waals surface area contributed by atoms with Crippen molar-refractivity contribution < 1.29 is 24.2 Å². The van der Waals surface area contributed by atoms with Crippen molar-refractivity contribution in [3.63, 3.8) is 0 Å². The predicted molar refractivity (Wildman–Crippen MR) is 92.5 cm³/mol. The van der Waals surface area contributed by atoms with Gasteiger partial charge in [0.15, 0.2) is 11.5 Å². The van der Waals surface area contributed by atoms with Crippen LogP contribution in [0.2, 0.25) is 0 Å². The molecule has 0 saturated heterocycles. The van der Waals surface area contributed by atoms with Crippen LogP contribution in [-0.2, 0) is 18.3 Å². The molecule has 1 aromatic carbocycles. The third-order valence-electron chi connectivity index (χ3n) is 4.56. The lowest BCUT2D eigenvalue weighted by atomic mass is 9.89. The predicted octanol–water partition coefficient (Wildman–Crippen LogP) is 1.65. The van der Waals surface area contributed by atoms with Crippen LogP contribution in [-0.4, -0.2) is 52.2 Å². The van der Waals surface area contributed by atoms with E-state index in [1.54, 1.807) is 42.2 Å². The zero-order valence-electron chi connectivity index (χ0n) is 14.9. The Bertz CT molecular complexity index is 845. The number of methoxy groups -OCH3 is 2. The van der Waals surface area contributed by atoms with Crippen LogP contribution in [0, 0.1) is 0 Å². The first-order chi connectivity index (χ1) is 12.4. The van der Waals surface area contributed by atoms with Crippen molar-refractivity contribution in [1.82, 2.24) is 14.5 Å². The van der Waals surface area contributed by atoms with Gasteiger partial charge in [0, 0.05) is 19.8 Å². The molecule has 0 fully saturated rings. The summed E-state index contributed by atoms with van der Waals surface area (Å²) in [6.45, 7) is 0.413. The average Bonchev–Trinajstić information content (AvgIpc) is 3.06. The second-order valence-electron chi connectivity index (χ2n) is 6.19. The van der Waals surface area contributed by atoms with E-state index in [1.165, 1.54) is 7.11 Å². The Labute approximate surface area is 151 Å². The first kappa shape index (κ1) is 17.8. The van der Waals surface area contributed by atoms with Crippen molar-refractivity contribution in [3.05, 3.63) is 41.5 Å². The smallest absolute Gasteiger partial charge is 0.305 e. The molecule has 0 radical (unpaired) electrons. The largest absolute Gasteiger partial charge is 0.493 e. The molecule has 26 heavy (non-hydrogen) atoms. The zero-order valence-corrected chi connectivity index (χ0v) is 14.9. The summed E-state index contributed by atoms with van der Waals surface area (Å²) in [5, 5.41) is 9.38. The number of aryl methyl sites for hydroxylation is 1. The van der Waals surface area contributed by atoms with Crippen LogP contribution in [0.15, 0.2) is 24.7 Å². The monoisotopic (exact) mass is 359 g/mol. The van der Waals surface area contributed by atoms with Gasteiger partial charge in [-0.25, -0.2) is 4.98 Å². The number of ether oxygens (including phenoxy) is 2. The second-order valence-corrected chi connectivity index (χ2v) is 6.19. The van der Waals surface area contributed by atoms with Gasteiger partial charge in [-0.05, 0) is 29.7 Å². The molecule has 1 aliphatic rings. The first-order valence-electron chi connectivity index (χ1n) is 8.20. The SMILES string of the molecule is COc1cc2c(cc1OC)C(CC(=O)O)N(C(=O)c1cn(C)cn1)CC2. The number of imidazole rings is 1. The number of rotatable bonds is 5.